The summed E-state index contributed by atoms with van der Waals surface area (Å²) in [6.07, 6.45) is 0. The van der Waals surface area contributed by atoms with Crippen LogP contribution in [0.4, 0.5) is 5.69 Å². The minimum absolute atomic E-state index is 0.0588. The number of carbonyl (C=O) groups excluding carboxylic acids is 1. The summed E-state index contributed by atoms with van der Waals surface area (Å²) >= 11 is 0. The zero-order valence-electron chi connectivity index (χ0n) is 19.4. The third-order valence-electron chi connectivity index (χ3n) is 5.99. The quantitative estimate of drug-likeness (QED) is 0.427. The molecule has 1 aromatic heterocycles. The zero-order chi connectivity index (χ0) is 24.1. The van der Waals surface area contributed by atoms with E-state index < -0.39 is 4.92 Å². The lowest BCUT2D eigenvalue weighted by Gasteiger charge is -2.32. The molecule has 4 rings (SSSR count). The average Bonchev–Trinajstić information content (AvgIpc) is 2.85. The van der Waals surface area contributed by atoms with E-state index in [1.807, 2.05) is 30.3 Å². The molecular weight excluding hydrogens is 432 g/mol. The molecule has 34 heavy (non-hydrogen) atoms. The van der Waals surface area contributed by atoms with Crippen molar-refractivity contribution in [2.24, 2.45) is 0 Å². The Morgan fingerprint density at radius 2 is 1.74 bits per heavy atom. The summed E-state index contributed by atoms with van der Waals surface area (Å²) in [6, 6.07) is 15.7. The van der Waals surface area contributed by atoms with Gasteiger partial charge in [-0.2, -0.15) is 0 Å². The lowest BCUT2D eigenvalue weighted by Crippen LogP contribution is -2.47. The normalized spacial score (nSPS) is 14.6. The number of piperazine rings is 1. The Labute approximate surface area is 198 Å². The number of nitro groups is 1. The second-order valence-electron chi connectivity index (χ2n) is 8.43. The van der Waals surface area contributed by atoms with Gasteiger partial charge in [0.15, 0.2) is 5.82 Å². The standard InChI is InChI=1S/C25H28N6O3/c1-18-22(25(32)26-11-12-30-15-13-29(2)14-16-30)23(20-9-6-10-21(17-20)31(33)34)28-24(27-18)19-7-4-3-5-8-19/h3-10,17H,11-16H2,1-2H3,(H,26,32). The Hall–Kier alpha value is -3.69. The number of amides is 1. The topological polar surface area (TPSA) is 104 Å². The van der Waals surface area contributed by atoms with Crippen LogP contribution in [0.1, 0.15) is 16.1 Å². The van der Waals surface area contributed by atoms with Gasteiger partial charge < -0.3 is 10.2 Å². The fourth-order valence-corrected chi connectivity index (χ4v) is 4.02. The van der Waals surface area contributed by atoms with Crippen molar-refractivity contribution in [1.82, 2.24) is 25.1 Å². The van der Waals surface area contributed by atoms with E-state index in [0.717, 1.165) is 38.3 Å². The second-order valence-corrected chi connectivity index (χ2v) is 8.43. The van der Waals surface area contributed by atoms with E-state index in [2.05, 4.69) is 27.1 Å². The van der Waals surface area contributed by atoms with Crippen molar-refractivity contribution >= 4 is 11.6 Å². The van der Waals surface area contributed by atoms with E-state index in [0.29, 0.717) is 34.9 Å². The van der Waals surface area contributed by atoms with Crippen LogP contribution in [0.3, 0.4) is 0 Å². The zero-order valence-corrected chi connectivity index (χ0v) is 19.4. The largest absolute Gasteiger partial charge is 0.351 e. The molecule has 9 heteroatoms. The van der Waals surface area contributed by atoms with Gasteiger partial charge in [-0.15, -0.1) is 0 Å². The highest BCUT2D eigenvalue weighted by molar-refractivity contribution is 6.01. The van der Waals surface area contributed by atoms with E-state index in [9.17, 15) is 14.9 Å². The lowest BCUT2D eigenvalue weighted by molar-refractivity contribution is -0.384. The summed E-state index contributed by atoms with van der Waals surface area (Å²) in [5, 5.41) is 14.4. The number of aromatic nitrogens is 2. The van der Waals surface area contributed by atoms with Gasteiger partial charge >= 0.3 is 0 Å². The molecule has 0 unspecified atom stereocenters. The number of nitrogens with one attached hydrogen (secondary N) is 1. The fraction of sp³-hybridized carbons (Fsp3) is 0.320. The van der Waals surface area contributed by atoms with Crippen LogP contribution < -0.4 is 5.32 Å². The molecule has 1 aliphatic heterocycles. The van der Waals surface area contributed by atoms with Gasteiger partial charge in [-0.25, -0.2) is 9.97 Å². The summed E-state index contributed by atoms with van der Waals surface area (Å²) < 4.78 is 0. The van der Waals surface area contributed by atoms with Crippen molar-refractivity contribution in [3.05, 3.63) is 76.0 Å². The summed E-state index contributed by atoms with van der Waals surface area (Å²) in [5.41, 5.74) is 2.48. The van der Waals surface area contributed by atoms with Crippen molar-refractivity contribution < 1.29 is 9.72 Å². The molecule has 3 aromatic rings. The van der Waals surface area contributed by atoms with E-state index in [-0.39, 0.29) is 11.6 Å². The highest BCUT2D eigenvalue weighted by Gasteiger charge is 2.22. The maximum atomic E-state index is 13.3. The Kier molecular flexibility index (Phi) is 7.24. The number of benzene rings is 2. The molecule has 1 aliphatic rings. The number of hydrogen-bond donors (Lipinski definition) is 1. The summed E-state index contributed by atoms with van der Waals surface area (Å²) in [6.45, 7) is 6.99. The van der Waals surface area contributed by atoms with Crippen molar-refractivity contribution in [1.29, 1.82) is 0 Å². The number of non-ortho nitro benzene ring substituents is 1. The minimum atomic E-state index is -0.453. The first-order chi connectivity index (χ1) is 16.4. The van der Waals surface area contributed by atoms with Crippen LogP contribution >= 0.6 is 0 Å². The number of nitrogens with zero attached hydrogens (tertiary/aromatic N) is 5. The Bertz CT molecular complexity index is 1180. The monoisotopic (exact) mass is 460 g/mol. The molecule has 0 aliphatic carbocycles. The molecule has 0 bridgehead atoms. The molecule has 0 atom stereocenters. The van der Waals surface area contributed by atoms with Crippen LogP contribution in [-0.2, 0) is 0 Å². The molecule has 1 saturated heterocycles. The minimum Gasteiger partial charge on any atom is -0.351 e. The third kappa shape index (κ3) is 5.44. The molecule has 0 radical (unpaired) electrons. The van der Waals surface area contributed by atoms with Crippen LogP contribution in [-0.4, -0.2) is 76.9 Å². The third-order valence-corrected chi connectivity index (χ3v) is 5.99. The van der Waals surface area contributed by atoms with Gasteiger partial charge in [-0.3, -0.25) is 19.8 Å². The van der Waals surface area contributed by atoms with Crippen LogP contribution in [0.25, 0.3) is 22.6 Å². The van der Waals surface area contributed by atoms with E-state index in [1.54, 1.807) is 19.1 Å². The number of rotatable bonds is 7. The first kappa shape index (κ1) is 23.5. The van der Waals surface area contributed by atoms with Gasteiger partial charge in [0, 0.05) is 62.5 Å². The lowest BCUT2D eigenvalue weighted by atomic mass is 10.0. The highest BCUT2D eigenvalue weighted by Crippen LogP contribution is 2.29. The number of aryl methyl sites for hydroxylation is 1. The predicted molar refractivity (Wildman–Crippen MR) is 131 cm³/mol. The van der Waals surface area contributed by atoms with Gasteiger partial charge in [0.2, 0.25) is 0 Å². The summed E-state index contributed by atoms with van der Waals surface area (Å²) in [4.78, 5) is 38.1. The highest BCUT2D eigenvalue weighted by atomic mass is 16.6. The molecule has 0 spiro atoms. The van der Waals surface area contributed by atoms with Gasteiger partial charge in [0.1, 0.15) is 0 Å². The maximum Gasteiger partial charge on any atom is 0.270 e. The molecule has 0 saturated carbocycles. The summed E-state index contributed by atoms with van der Waals surface area (Å²) in [7, 11) is 2.11. The van der Waals surface area contributed by atoms with Gasteiger partial charge in [0.25, 0.3) is 11.6 Å². The number of carbonyl (C=O) groups is 1. The van der Waals surface area contributed by atoms with Gasteiger partial charge in [-0.1, -0.05) is 42.5 Å². The van der Waals surface area contributed by atoms with E-state index in [1.165, 1.54) is 12.1 Å². The molecule has 2 heterocycles. The van der Waals surface area contributed by atoms with Crippen LogP contribution in [0.2, 0.25) is 0 Å². The maximum absolute atomic E-state index is 13.3. The predicted octanol–water partition coefficient (Wildman–Crippen LogP) is 3.00. The van der Waals surface area contributed by atoms with Crippen molar-refractivity contribution in [3.63, 3.8) is 0 Å². The first-order valence-electron chi connectivity index (χ1n) is 11.3. The molecule has 9 nitrogen and oxygen atoms in total. The summed E-state index contributed by atoms with van der Waals surface area (Å²) in [5.74, 6) is 0.182. The molecule has 176 valence electrons. The Morgan fingerprint density at radius 3 is 2.44 bits per heavy atom. The Balaban J connectivity index is 1.64. The van der Waals surface area contributed by atoms with Crippen molar-refractivity contribution in [3.8, 4) is 22.6 Å². The first-order valence-corrected chi connectivity index (χ1v) is 11.3. The molecule has 2 aromatic carbocycles. The molecule has 1 N–H and O–H groups in total. The average molecular weight is 461 g/mol. The van der Waals surface area contributed by atoms with E-state index in [4.69, 9.17) is 4.98 Å². The molecular formula is C25H28N6O3. The van der Waals surface area contributed by atoms with Crippen LogP contribution in [0.5, 0.6) is 0 Å². The van der Waals surface area contributed by atoms with Crippen molar-refractivity contribution in [2.45, 2.75) is 6.92 Å². The van der Waals surface area contributed by atoms with Gasteiger partial charge in [-0.05, 0) is 14.0 Å². The number of nitro benzene ring substituents is 1. The Morgan fingerprint density at radius 1 is 1.03 bits per heavy atom. The van der Waals surface area contributed by atoms with Gasteiger partial charge in [0.05, 0.1) is 21.9 Å². The number of likely N-dealkylation sites (N-methyl/N-ethyl adjacent to an activating group) is 1. The smallest absolute Gasteiger partial charge is 0.270 e. The molecule has 1 fully saturated rings. The fourth-order valence-electron chi connectivity index (χ4n) is 4.02. The van der Waals surface area contributed by atoms with Crippen LogP contribution in [0.15, 0.2) is 54.6 Å². The second kappa shape index (κ2) is 10.5. The SMILES string of the molecule is Cc1nc(-c2ccccc2)nc(-c2cccc([N+](=O)[O-])c2)c1C(=O)NCCN1CCN(C)CC1. The van der Waals surface area contributed by atoms with Crippen LogP contribution in [0, 0.1) is 17.0 Å². The number of hydrogen-bond acceptors (Lipinski definition) is 7. The molecule has 1 amide bonds. The van der Waals surface area contributed by atoms with Crippen molar-refractivity contribution in [2.75, 3.05) is 46.3 Å². The van der Waals surface area contributed by atoms with E-state index >= 15 is 0 Å².